The summed E-state index contributed by atoms with van der Waals surface area (Å²) in [6, 6.07) is 0. The predicted octanol–water partition coefficient (Wildman–Crippen LogP) is 13.1. The molecular weight excluding hydrogens is 568 g/mol. The number of rotatable bonds is 33. The summed E-state index contributed by atoms with van der Waals surface area (Å²) < 4.78 is 5.88. The molecule has 0 rings (SSSR count). The molecule has 0 aromatic carbocycles. The Morgan fingerprint density at radius 3 is 1.54 bits per heavy atom. The number of carbonyl (C=O) groups is 2. The monoisotopic (exact) mass is 639 g/mol. The van der Waals surface area contributed by atoms with Crippen molar-refractivity contribution in [2.75, 3.05) is 0 Å². The molecule has 46 heavy (non-hydrogen) atoms. The molecule has 0 aliphatic carbocycles. The lowest BCUT2D eigenvalue weighted by molar-refractivity contribution is -0.147. The molecule has 262 valence electrons. The van der Waals surface area contributed by atoms with Crippen molar-refractivity contribution < 1.29 is 19.4 Å². The van der Waals surface area contributed by atoms with E-state index in [-0.39, 0.29) is 18.5 Å². The topological polar surface area (TPSA) is 63.6 Å². The Hall–Kier alpha value is -2.62. The highest BCUT2D eigenvalue weighted by Gasteiger charge is 2.11. The maximum Gasteiger partial charge on any atom is 0.306 e. The molecule has 0 saturated heterocycles. The van der Waals surface area contributed by atoms with Crippen molar-refractivity contribution >= 4 is 11.9 Å². The number of aliphatic carboxylic acids is 1. The van der Waals surface area contributed by atoms with Gasteiger partial charge >= 0.3 is 11.9 Å². The Bertz CT molecular complexity index is 861. The summed E-state index contributed by atoms with van der Waals surface area (Å²) in [5.41, 5.74) is 0. The van der Waals surface area contributed by atoms with Crippen LogP contribution in [0.1, 0.15) is 174 Å². The Balaban J connectivity index is 4.18. The van der Waals surface area contributed by atoms with Gasteiger partial charge < -0.3 is 9.84 Å². The lowest BCUT2D eigenvalue weighted by atomic mass is 10.1. The van der Waals surface area contributed by atoms with E-state index < -0.39 is 5.97 Å². The van der Waals surface area contributed by atoms with E-state index in [0.29, 0.717) is 6.42 Å². The fourth-order valence-corrected chi connectivity index (χ4v) is 5.12. The van der Waals surface area contributed by atoms with Crippen molar-refractivity contribution in [1.29, 1.82) is 0 Å². The van der Waals surface area contributed by atoms with Crippen LogP contribution in [0.5, 0.6) is 0 Å². The largest absolute Gasteiger partial charge is 0.481 e. The fourth-order valence-electron chi connectivity index (χ4n) is 5.12. The van der Waals surface area contributed by atoms with Crippen molar-refractivity contribution in [2.24, 2.45) is 0 Å². The molecule has 0 bridgehead atoms. The number of hydrogen-bond donors (Lipinski definition) is 1. The van der Waals surface area contributed by atoms with E-state index in [4.69, 9.17) is 9.84 Å². The molecule has 0 radical (unpaired) electrons. The molecular formula is C42H70O4. The number of unbranched alkanes of at least 4 members (excludes halogenated alkanes) is 14. The summed E-state index contributed by atoms with van der Waals surface area (Å²) in [6.07, 6.45) is 52.1. The van der Waals surface area contributed by atoms with Crippen molar-refractivity contribution in [2.45, 2.75) is 180 Å². The maximum atomic E-state index is 12.6. The third-order valence-electron chi connectivity index (χ3n) is 7.90. The highest BCUT2D eigenvalue weighted by atomic mass is 16.5. The van der Waals surface area contributed by atoms with Crippen LogP contribution in [0, 0.1) is 0 Å². The zero-order valence-corrected chi connectivity index (χ0v) is 29.9. The molecule has 0 fully saturated rings. The van der Waals surface area contributed by atoms with Gasteiger partial charge in [0.15, 0.2) is 0 Å². The summed E-state index contributed by atoms with van der Waals surface area (Å²) in [6.45, 7) is 4.39. The smallest absolute Gasteiger partial charge is 0.306 e. The molecule has 1 N–H and O–H groups in total. The number of esters is 1. The summed E-state index contributed by atoms with van der Waals surface area (Å²) in [5, 5.41) is 8.80. The van der Waals surface area contributed by atoms with Crippen LogP contribution in [-0.2, 0) is 14.3 Å². The third kappa shape index (κ3) is 35.9. The third-order valence-corrected chi connectivity index (χ3v) is 7.90. The first-order valence-corrected chi connectivity index (χ1v) is 18.9. The van der Waals surface area contributed by atoms with E-state index in [0.717, 1.165) is 83.5 Å². The molecule has 0 heterocycles. The number of hydrogen-bond acceptors (Lipinski definition) is 3. The van der Waals surface area contributed by atoms with Gasteiger partial charge in [0.1, 0.15) is 6.10 Å². The van der Waals surface area contributed by atoms with Gasteiger partial charge in [-0.15, -0.1) is 0 Å². The van der Waals surface area contributed by atoms with E-state index in [1.165, 1.54) is 64.2 Å². The second-order valence-corrected chi connectivity index (χ2v) is 12.4. The van der Waals surface area contributed by atoms with Crippen LogP contribution < -0.4 is 0 Å². The van der Waals surface area contributed by atoms with Crippen molar-refractivity contribution in [1.82, 2.24) is 0 Å². The van der Waals surface area contributed by atoms with E-state index in [1.54, 1.807) is 0 Å². The number of allylic oxidation sites excluding steroid dienone is 11. The van der Waals surface area contributed by atoms with Gasteiger partial charge in [-0.1, -0.05) is 145 Å². The van der Waals surface area contributed by atoms with Gasteiger partial charge in [-0.3, -0.25) is 9.59 Å². The quantitative estimate of drug-likeness (QED) is 0.0441. The molecule has 0 aliphatic rings. The summed E-state index contributed by atoms with van der Waals surface area (Å²) >= 11 is 0. The van der Waals surface area contributed by atoms with E-state index in [9.17, 15) is 9.59 Å². The van der Waals surface area contributed by atoms with Crippen LogP contribution in [0.15, 0.2) is 72.9 Å². The molecule has 1 atom stereocenters. The molecule has 0 saturated carbocycles. The van der Waals surface area contributed by atoms with Gasteiger partial charge in [-0.05, 0) is 89.5 Å². The second kappa shape index (κ2) is 36.8. The normalized spacial score (nSPS) is 13.1. The first kappa shape index (κ1) is 43.4. The highest BCUT2D eigenvalue weighted by molar-refractivity contribution is 5.69. The lowest BCUT2D eigenvalue weighted by Crippen LogP contribution is -2.16. The summed E-state index contributed by atoms with van der Waals surface area (Å²) in [4.78, 5) is 23.3. The fraction of sp³-hybridized carbons (Fsp3) is 0.667. The Morgan fingerprint density at radius 1 is 0.522 bits per heavy atom. The predicted molar refractivity (Wildman–Crippen MR) is 199 cm³/mol. The van der Waals surface area contributed by atoms with Gasteiger partial charge in [0.05, 0.1) is 0 Å². The van der Waals surface area contributed by atoms with Crippen LogP contribution in [0.4, 0.5) is 0 Å². The Kier molecular flexibility index (Phi) is 34.7. The second-order valence-electron chi connectivity index (χ2n) is 12.4. The zero-order valence-electron chi connectivity index (χ0n) is 29.9. The maximum absolute atomic E-state index is 12.6. The van der Waals surface area contributed by atoms with Gasteiger partial charge in [-0.2, -0.15) is 0 Å². The van der Waals surface area contributed by atoms with Crippen LogP contribution >= 0.6 is 0 Å². The summed E-state index contributed by atoms with van der Waals surface area (Å²) in [7, 11) is 0. The minimum absolute atomic E-state index is 0.0843. The number of carboxylic acid groups (broad SMARTS) is 1. The van der Waals surface area contributed by atoms with Gasteiger partial charge in [0, 0.05) is 12.8 Å². The molecule has 0 spiro atoms. The standard InChI is InChI=1S/C42H70O4/c1-3-5-7-9-11-13-15-16-17-18-19-20-22-24-26-31-35-39-42(45)46-40(37-33-29-27-30-34-38-41(43)44)36-32-28-25-23-21-14-12-10-8-6-4-2/h5,7,11-14,16-17,23,25,32,36,40H,3-4,6,8-10,15,18-22,24,26-31,33-35,37-39H2,1-2H3,(H,43,44)/b7-5-,13-11-,14-12-,17-16-,25-23-,36-32-. The molecule has 0 aromatic heterocycles. The Labute approximate surface area is 284 Å². The van der Waals surface area contributed by atoms with Crippen LogP contribution in [0.2, 0.25) is 0 Å². The van der Waals surface area contributed by atoms with Crippen LogP contribution in [0.3, 0.4) is 0 Å². The van der Waals surface area contributed by atoms with Gasteiger partial charge in [0.25, 0.3) is 0 Å². The number of ether oxygens (including phenoxy) is 1. The van der Waals surface area contributed by atoms with E-state index in [2.05, 4.69) is 86.8 Å². The zero-order chi connectivity index (χ0) is 33.6. The van der Waals surface area contributed by atoms with Gasteiger partial charge in [0.2, 0.25) is 0 Å². The van der Waals surface area contributed by atoms with Crippen molar-refractivity contribution in [3.63, 3.8) is 0 Å². The average Bonchev–Trinajstić information content (AvgIpc) is 3.04. The molecule has 0 aliphatic heterocycles. The average molecular weight is 639 g/mol. The first-order chi connectivity index (χ1) is 22.6. The Morgan fingerprint density at radius 2 is 0.978 bits per heavy atom. The lowest BCUT2D eigenvalue weighted by Gasteiger charge is -2.14. The van der Waals surface area contributed by atoms with Gasteiger partial charge in [-0.25, -0.2) is 0 Å². The van der Waals surface area contributed by atoms with Crippen LogP contribution in [-0.4, -0.2) is 23.1 Å². The molecule has 4 nitrogen and oxygen atoms in total. The number of carbonyl (C=O) groups excluding carboxylic acids is 1. The minimum atomic E-state index is -0.719. The first-order valence-electron chi connectivity index (χ1n) is 18.9. The molecule has 4 heteroatoms. The SMILES string of the molecule is CC/C=C\C/C=C\C/C=C\CCCCCCCCCC(=O)OC(/C=C\C/C=C\C/C=C\CCCCC)CCCCCCCC(=O)O. The number of carboxylic acids is 1. The molecule has 0 amide bonds. The van der Waals surface area contributed by atoms with Crippen LogP contribution in [0.25, 0.3) is 0 Å². The molecule has 0 aromatic rings. The minimum Gasteiger partial charge on any atom is -0.481 e. The van der Waals surface area contributed by atoms with E-state index >= 15 is 0 Å². The van der Waals surface area contributed by atoms with E-state index in [1.807, 2.05) is 0 Å². The highest BCUT2D eigenvalue weighted by Crippen LogP contribution is 2.15. The summed E-state index contributed by atoms with van der Waals surface area (Å²) in [5.74, 6) is -0.804. The molecule has 1 unspecified atom stereocenters. The van der Waals surface area contributed by atoms with Crippen molar-refractivity contribution in [3.8, 4) is 0 Å². The van der Waals surface area contributed by atoms with Crippen molar-refractivity contribution in [3.05, 3.63) is 72.9 Å².